The third-order valence-electron chi connectivity index (χ3n) is 7.01. The molecule has 1 aliphatic rings. The van der Waals surface area contributed by atoms with Crippen molar-refractivity contribution in [3.05, 3.63) is 97.2 Å². The number of benzene rings is 2. The maximum atomic E-state index is 12.4. The first-order valence-corrected chi connectivity index (χ1v) is 13.2. The lowest BCUT2D eigenvalue weighted by molar-refractivity contribution is 0.0364. The highest BCUT2D eigenvalue weighted by atomic mass is 16.5. The number of nitrogens with zero attached hydrogens (tertiary/aromatic N) is 5. The van der Waals surface area contributed by atoms with Crippen LogP contribution in [0.4, 0.5) is 10.5 Å². The molecule has 0 atom stereocenters. The molecule has 1 fully saturated rings. The SMILES string of the molecule is O=C(NCc1cccnc1)Nc1ccc(-n2cc(-c3nccn3CCN3CCOCC3)c3ccccc32)cc1. The zero-order valence-electron chi connectivity index (χ0n) is 21.7. The molecular formula is C30H31N7O2. The average Bonchev–Trinajstić information content (AvgIpc) is 3.61. The van der Waals surface area contributed by atoms with E-state index in [4.69, 9.17) is 9.72 Å². The first-order chi connectivity index (χ1) is 19.2. The van der Waals surface area contributed by atoms with Gasteiger partial charge in [-0.2, -0.15) is 0 Å². The Bertz CT molecular complexity index is 1540. The summed E-state index contributed by atoms with van der Waals surface area (Å²) in [7, 11) is 0. The van der Waals surface area contributed by atoms with Crippen molar-refractivity contribution in [1.29, 1.82) is 0 Å². The van der Waals surface area contributed by atoms with Crippen molar-refractivity contribution in [3.63, 3.8) is 0 Å². The average molecular weight is 522 g/mol. The molecule has 5 aromatic rings. The van der Waals surface area contributed by atoms with Crippen LogP contribution in [0, 0.1) is 0 Å². The van der Waals surface area contributed by atoms with Gasteiger partial charge in [0.25, 0.3) is 0 Å². The van der Waals surface area contributed by atoms with Gasteiger partial charge in [-0.15, -0.1) is 0 Å². The van der Waals surface area contributed by atoms with Gasteiger partial charge in [0.05, 0.1) is 18.7 Å². The summed E-state index contributed by atoms with van der Waals surface area (Å²) in [6, 6.07) is 19.7. The summed E-state index contributed by atoms with van der Waals surface area (Å²) < 4.78 is 9.90. The molecule has 9 heteroatoms. The van der Waals surface area contributed by atoms with Gasteiger partial charge in [0.15, 0.2) is 0 Å². The van der Waals surface area contributed by atoms with Gasteiger partial charge in [-0.3, -0.25) is 9.88 Å². The second kappa shape index (κ2) is 11.5. The predicted molar refractivity (Wildman–Crippen MR) is 152 cm³/mol. The van der Waals surface area contributed by atoms with E-state index < -0.39 is 0 Å². The molecule has 0 saturated carbocycles. The number of anilines is 1. The van der Waals surface area contributed by atoms with Gasteiger partial charge in [0, 0.05) is 86.0 Å². The number of rotatable bonds is 8. The molecule has 2 N–H and O–H groups in total. The molecule has 0 bridgehead atoms. The summed E-state index contributed by atoms with van der Waals surface area (Å²) >= 11 is 0. The number of pyridine rings is 1. The standard InChI is InChI=1S/C30H31N7O2/c38-30(33-21-23-4-3-11-31-20-23)34-24-7-9-25(10-8-24)37-22-27(26-5-1-2-6-28(26)37)29-32-12-13-36(29)15-14-35-16-18-39-19-17-35/h1-13,20,22H,14-19,21H2,(H2,33,34,38). The van der Waals surface area contributed by atoms with Crippen LogP contribution in [0.3, 0.4) is 0 Å². The molecular weight excluding hydrogens is 490 g/mol. The van der Waals surface area contributed by atoms with Crippen molar-refractivity contribution in [2.45, 2.75) is 13.1 Å². The number of carbonyl (C=O) groups excluding carboxylic acids is 1. The first kappa shape index (κ1) is 24.8. The highest BCUT2D eigenvalue weighted by molar-refractivity contribution is 5.96. The summed E-state index contributed by atoms with van der Waals surface area (Å²) in [5.41, 5.74) is 4.86. The van der Waals surface area contributed by atoms with E-state index in [9.17, 15) is 4.79 Å². The lowest BCUT2D eigenvalue weighted by Gasteiger charge is -2.26. The number of nitrogens with one attached hydrogen (secondary N) is 2. The van der Waals surface area contributed by atoms with E-state index in [1.807, 2.05) is 42.6 Å². The molecule has 0 unspecified atom stereocenters. The Hall–Kier alpha value is -4.47. The Morgan fingerprint density at radius 3 is 2.62 bits per heavy atom. The van der Waals surface area contributed by atoms with Crippen LogP contribution in [-0.2, 0) is 17.8 Å². The number of imidazole rings is 1. The summed E-state index contributed by atoms with van der Waals surface area (Å²) in [5.74, 6) is 0.960. The van der Waals surface area contributed by atoms with Crippen molar-refractivity contribution in [2.24, 2.45) is 0 Å². The highest BCUT2D eigenvalue weighted by Crippen LogP contribution is 2.32. The molecule has 4 heterocycles. The van der Waals surface area contributed by atoms with Crippen LogP contribution >= 0.6 is 0 Å². The third-order valence-corrected chi connectivity index (χ3v) is 7.01. The number of urea groups is 1. The number of morpholine rings is 1. The highest BCUT2D eigenvalue weighted by Gasteiger charge is 2.17. The lowest BCUT2D eigenvalue weighted by atomic mass is 10.1. The molecule has 198 valence electrons. The van der Waals surface area contributed by atoms with Gasteiger partial charge in [0.2, 0.25) is 0 Å². The van der Waals surface area contributed by atoms with Crippen LogP contribution in [-0.4, -0.2) is 62.9 Å². The summed E-state index contributed by atoms with van der Waals surface area (Å²) in [5, 5.41) is 6.91. The van der Waals surface area contributed by atoms with Crippen LogP contribution < -0.4 is 10.6 Å². The Kier molecular flexibility index (Phi) is 7.33. The molecule has 1 aliphatic heterocycles. The quantitative estimate of drug-likeness (QED) is 0.313. The Labute approximate surface area is 227 Å². The zero-order chi connectivity index (χ0) is 26.4. The minimum atomic E-state index is -0.260. The van der Waals surface area contributed by atoms with E-state index in [2.05, 4.69) is 66.3 Å². The summed E-state index contributed by atoms with van der Waals surface area (Å²) in [6.07, 6.45) is 9.54. The fraction of sp³-hybridized carbons (Fsp3) is 0.233. The zero-order valence-corrected chi connectivity index (χ0v) is 21.7. The predicted octanol–water partition coefficient (Wildman–Crippen LogP) is 4.54. The van der Waals surface area contributed by atoms with Crippen LogP contribution in [0.5, 0.6) is 0 Å². The molecule has 9 nitrogen and oxygen atoms in total. The smallest absolute Gasteiger partial charge is 0.319 e. The topological polar surface area (TPSA) is 89.2 Å². The van der Waals surface area contributed by atoms with Crippen LogP contribution in [0.2, 0.25) is 0 Å². The molecule has 6 rings (SSSR count). The van der Waals surface area contributed by atoms with Crippen molar-refractivity contribution >= 4 is 22.6 Å². The third kappa shape index (κ3) is 5.69. The number of ether oxygens (including phenoxy) is 1. The van der Waals surface area contributed by atoms with Crippen LogP contribution in [0.15, 0.2) is 91.6 Å². The number of para-hydroxylation sites is 1. The van der Waals surface area contributed by atoms with Gasteiger partial charge < -0.3 is 24.5 Å². The van der Waals surface area contributed by atoms with E-state index in [0.29, 0.717) is 6.54 Å². The van der Waals surface area contributed by atoms with E-state index >= 15 is 0 Å². The second-order valence-corrected chi connectivity index (χ2v) is 9.54. The normalized spacial score (nSPS) is 13.9. The maximum Gasteiger partial charge on any atom is 0.319 e. The molecule has 2 amide bonds. The minimum Gasteiger partial charge on any atom is -0.379 e. The van der Waals surface area contributed by atoms with Crippen LogP contribution in [0.25, 0.3) is 28.0 Å². The number of fused-ring (bicyclic) bond motifs is 1. The fourth-order valence-corrected chi connectivity index (χ4v) is 4.94. The summed E-state index contributed by atoms with van der Waals surface area (Å²) in [6.45, 7) is 5.80. The van der Waals surface area contributed by atoms with Gasteiger partial charge in [-0.1, -0.05) is 24.3 Å². The number of hydrogen-bond acceptors (Lipinski definition) is 5. The van der Waals surface area contributed by atoms with Crippen molar-refractivity contribution in [1.82, 2.24) is 29.3 Å². The monoisotopic (exact) mass is 521 g/mol. The van der Waals surface area contributed by atoms with E-state index in [1.165, 1.54) is 0 Å². The van der Waals surface area contributed by atoms with Gasteiger partial charge in [-0.25, -0.2) is 9.78 Å². The molecule has 2 aromatic carbocycles. The Morgan fingerprint density at radius 2 is 1.79 bits per heavy atom. The van der Waals surface area contributed by atoms with Gasteiger partial charge >= 0.3 is 6.03 Å². The van der Waals surface area contributed by atoms with E-state index in [0.717, 1.165) is 78.6 Å². The van der Waals surface area contributed by atoms with Crippen molar-refractivity contribution in [2.75, 3.05) is 38.2 Å². The number of carbonyl (C=O) groups is 1. The first-order valence-electron chi connectivity index (χ1n) is 13.2. The number of amides is 2. The minimum absolute atomic E-state index is 0.260. The van der Waals surface area contributed by atoms with Crippen molar-refractivity contribution < 1.29 is 9.53 Å². The Balaban J connectivity index is 1.19. The lowest BCUT2D eigenvalue weighted by Crippen LogP contribution is -2.38. The fourth-order valence-electron chi connectivity index (χ4n) is 4.94. The Morgan fingerprint density at radius 1 is 0.949 bits per heavy atom. The molecule has 3 aromatic heterocycles. The maximum absolute atomic E-state index is 12.4. The largest absolute Gasteiger partial charge is 0.379 e. The van der Waals surface area contributed by atoms with E-state index in [-0.39, 0.29) is 6.03 Å². The molecule has 1 saturated heterocycles. The summed E-state index contributed by atoms with van der Waals surface area (Å²) in [4.78, 5) is 23.6. The second-order valence-electron chi connectivity index (χ2n) is 9.54. The van der Waals surface area contributed by atoms with Crippen molar-refractivity contribution in [3.8, 4) is 17.1 Å². The molecule has 0 spiro atoms. The van der Waals surface area contributed by atoms with Gasteiger partial charge in [0.1, 0.15) is 5.82 Å². The van der Waals surface area contributed by atoms with E-state index in [1.54, 1.807) is 12.4 Å². The van der Waals surface area contributed by atoms with Crippen LogP contribution in [0.1, 0.15) is 5.56 Å². The molecule has 0 radical (unpaired) electrons. The number of aromatic nitrogens is 4. The molecule has 39 heavy (non-hydrogen) atoms. The molecule has 0 aliphatic carbocycles. The number of hydrogen-bond donors (Lipinski definition) is 2. The van der Waals surface area contributed by atoms with Gasteiger partial charge in [-0.05, 0) is 42.0 Å².